The lowest BCUT2D eigenvalue weighted by Gasteiger charge is -2.15. The molecule has 1 heterocycles. The molecule has 0 saturated carbocycles. The molecule has 0 radical (unpaired) electrons. The second kappa shape index (κ2) is 5.89. The van der Waals surface area contributed by atoms with Gasteiger partial charge < -0.3 is 19.9 Å². The van der Waals surface area contributed by atoms with E-state index in [1.165, 1.54) is 0 Å². The Balaban J connectivity index is 1.90. The molecule has 0 aromatic heterocycles. The highest BCUT2D eigenvalue weighted by molar-refractivity contribution is 5.44. The Morgan fingerprint density at radius 3 is 2.94 bits per heavy atom. The van der Waals surface area contributed by atoms with E-state index in [0.717, 1.165) is 29.9 Å². The molecule has 0 fully saturated rings. The fraction of sp³-hybridized carbons (Fsp3) is 0.538. The number of nitrogens with two attached hydrogens (primary N) is 1. The van der Waals surface area contributed by atoms with E-state index in [2.05, 4.69) is 6.92 Å². The molecule has 1 aromatic carbocycles. The Bertz CT molecular complexity index is 368. The molecule has 1 aromatic rings. The lowest BCUT2D eigenvalue weighted by atomic mass is 10.2. The van der Waals surface area contributed by atoms with Gasteiger partial charge >= 0.3 is 0 Å². The average molecular weight is 237 g/mol. The molecular weight excluding hydrogens is 218 g/mol. The molecule has 0 amide bonds. The van der Waals surface area contributed by atoms with Gasteiger partial charge in [-0.25, -0.2) is 0 Å². The molecule has 2 N–H and O–H groups in total. The second-order valence-corrected chi connectivity index (χ2v) is 4.15. The Kier molecular flexibility index (Phi) is 4.23. The number of benzene rings is 1. The van der Waals surface area contributed by atoms with E-state index in [4.69, 9.17) is 19.9 Å². The third kappa shape index (κ3) is 3.11. The van der Waals surface area contributed by atoms with Crippen molar-refractivity contribution in [3.05, 3.63) is 23.8 Å². The third-order valence-corrected chi connectivity index (χ3v) is 2.80. The molecule has 1 aliphatic heterocycles. The molecule has 0 saturated heterocycles. The summed E-state index contributed by atoms with van der Waals surface area (Å²) in [6, 6.07) is 5.87. The highest BCUT2D eigenvalue weighted by atomic mass is 16.7. The molecular formula is C13H19NO3. The van der Waals surface area contributed by atoms with Crippen molar-refractivity contribution in [1.29, 1.82) is 0 Å². The summed E-state index contributed by atoms with van der Waals surface area (Å²) < 4.78 is 16.3. The highest BCUT2D eigenvalue weighted by Crippen LogP contribution is 2.32. The summed E-state index contributed by atoms with van der Waals surface area (Å²) in [5.41, 5.74) is 6.73. The third-order valence-electron chi connectivity index (χ3n) is 2.80. The molecule has 0 spiro atoms. The number of hydrogen-bond donors (Lipinski definition) is 1. The van der Waals surface area contributed by atoms with Gasteiger partial charge in [0, 0.05) is 6.54 Å². The largest absolute Gasteiger partial charge is 0.454 e. The fourth-order valence-corrected chi connectivity index (χ4v) is 1.84. The van der Waals surface area contributed by atoms with Crippen molar-refractivity contribution < 1.29 is 14.2 Å². The summed E-state index contributed by atoms with van der Waals surface area (Å²) >= 11 is 0. The SMILES string of the molecule is CCCC(CN)OCc1ccc2c(c1)OCO2. The van der Waals surface area contributed by atoms with Crippen molar-refractivity contribution in [2.75, 3.05) is 13.3 Å². The normalized spacial score (nSPS) is 14.9. The zero-order valence-corrected chi connectivity index (χ0v) is 10.1. The van der Waals surface area contributed by atoms with Crippen LogP contribution in [-0.4, -0.2) is 19.4 Å². The van der Waals surface area contributed by atoms with Crippen LogP contribution in [-0.2, 0) is 11.3 Å². The highest BCUT2D eigenvalue weighted by Gasteiger charge is 2.13. The predicted molar refractivity (Wildman–Crippen MR) is 65.1 cm³/mol. The lowest BCUT2D eigenvalue weighted by molar-refractivity contribution is 0.0404. The summed E-state index contributed by atoms with van der Waals surface area (Å²) in [5.74, 6) is 1.60. The summed E-state index contributed by atoms with van der Waals surface area (Å²) in [7, 11) is 0. The molecule has 2 rings (SSSR count). The molecule has 4 heteroatoms. The Morgan fingerprint density at radius 2 is 2.18 bits per heavy atom. The Labute approximate surface area is 102 Å². The summed E-state index contributed by atoms with van der Waals surface area (Å²) in [6.07, 6.45) is 2.23. The maximum absolute atomic E-state index is 5.76. The van der Waals surface area contributed by atoms with Crippen LogP contribution in [0, 0.1) is 0 Å². The van der Waals surface area contributed by atoms with Crippen LogP contribution in [0.4, 0.5) is 0 Å². The minimum absolute atomic E-state index is 0.144. The van der Waals surface area contributed by atoms with E-state index >= 15 is 0 Å². The van der Waals surface area contributed by atoms with Gasteiger partial charge in [-0.3, -0.25) is 0 Å². The molecule has 0 aliphatic carbocycles. The van der Waals surface area contributed by atoms with Gasteiger partial charge in [0.1, 0.15) is 0 Å². The second-order valence-electron chi connectivity index (χ2n) is 4.15. The van der Waals surface area contributed by atoms with Crippen molar-refractivity contribution in [3.8, 4) is 11.5 Å². The molecule has 1 aliphatic rings. The zero-order chi connectivity index (χ0) is 12.1. The molecule has 0 bridgehead atoms. The lowest BCUT2D eigenvalue weighted by Crippen LogP contribution is -2.23. The van der Waals surface area contributed by atoms with Crippen LogP contribution in [0.5, 0.6) is 11.5 Å². The van der Waals surface area contributed by atoms with Crippen molar-refractivity contribution in [2.24, 2.45) is 5.73 Å². The van der Waals surface area contributed by atoms with E-state index in [9.17, 15) is 0 Å². The molecule has 17 heavy (non-hydrogen) atoms. The zero-order valence-electron chi connectivity index (χ0n) is 10.1. The topological polar surface area (TPSA) is 53.7 Å². The van der Waals surface area contributed by atoms with Gasteiger partial charge in [0.05, 0.1) is 12.7 Å². The van der Waals surface area contributed by atoms with Crippen LogP contribution in [0.25, 0.3) is 0 Å². The number of fused-ring (bicyclic) bond motifs is 1. The monoisotopic (exact) mass is 237 g/mol. The maximum Gasteiger partial charge on any atom is 0.231 e. The number of hydrogen-bond acceptors (Lipinski definition) is 4. The van der Waals surface area contributed by atoms with Crippen LogP contribution in [0.15, 0.2) is 18.2 Å². The van der Waals surface area contributed by atoms with Gasteiger partial charge in [-0.05, 0) is 24.1 Å². The van der Waals surface area contributed by atoms with Crippen LogP contribution >= 0.6 is 0 Å². The van der Waals surface area contributed by atoms with Gasteiger partial charge in [0.25, 0.3) is 0 Å². The van der Waals surface area contributed by atoms with Crippen molar-refractivity contribution in [1.82, 2.24) is 0 Å². The minimum Gasteiger partial charge on any atom is -0.454 e. The first kappa shape index (κ1) is 12.2. The Morgan fingerprint density at radius 1 is 1.35 bits per heavy atom. The van der Waals surface area contributed by atoms with Crippen LogP contribution in [0.2, 0.25) is 0 Å². The number of ether oxygens (including phenoxy) is 3. The minimum atomic E-state index is 0.144. The summed E-state index contributed by atoms with van der Waals surface area (Å²) in [4.78, 5) is 0. The van der Waals surface area contributed by atoms with Crippen LogP contribution in [0.3, 0.4) is 0 Å². The summed E-state index contributed by atoms with van der Waals surface area (Å²) in [5, 5.41) is 0. The number of rotatable bonds is 6. The predicted octanol–water partition coefficient (Wildman–Crippen LogP) is 2.06. The quantitative estimate of drug-likeness (QED) is 0.822. The Hall–Kier alpha value is -1.26. The van der Waals surface area contributed by atoms with Crippen molar-refractivity contribution >= 4 is 0 Å². The molecule has 94 valence electrons. The van der Waals surface area contributed by atoms with Crippen molar-refractivity contribution in [3.63, 3.8) is 0 Å². The first-order chi connectivity index (χ1) is 8.33. The van der Waals surface area contributed by atoms with Gasteiger partial charge in [-0.2, -0.15) is 0 Å². The van der Waals surface area contributed by atoms with Gasteiger partial charge in [0.2, 0.25) is 6.79 Å². The van der Waals surface area contributed by atoms with E-state index in [0.29, 0.717) is 19.9 Å². The van der Waals surface area contributed by atoms with Gasteiger partial charge in [-0.1, -0.05) is 19.4 Å². The van der Waals surface area contributed by atoms with Crippen LogP contribution < -0.4 is 15.2 Å². The van der Waals surface area contributed by atoms with Gasteiger partial charge in [-0.15, -0.1) is 0 Å². The first-order valence-corrected chi connectivity index (χ1v) is 6.03. The smallest absolute Gasteiger partial charge is 0.231 e. The van der Waals surface area contributed by atoms with E-state index in [1.807, 2.05) is 18.2 Å². The summed E-state index contributed by atoms with van der Waals surface area (Å²) in [6.45, 7) is 3.57. The maximum atomic E-state index is 5.76. The van der Waals surface area contributed by atoms with E-state index < -0.39 is 0 Å². The first-order valence-electron chi connectivity index (χ1n) is 6.03. The van der Waals surface area contributed by atoms with E-state index in [-0.39, 0.29) is 6.10 Å². The van der Waals surface area contributed by atoms with Crippen molar-refractivity contribution in [2.45, 2.75) is 32.5 Å². The molecule has 1 unspecified atom stereocenters. The van der Waals surface area contributed by atoms with E-state index in [1.54, 1.807) is 0 Å². The molecule has 4 nitrogen and oxygen atoms in total. The standard InChI is InChI=1S/C13H19NO3/c1-2-3-11(7-14)15-8-10-4-5-12-13(6-10)17-9-16-12/h4-6,11H,2-3,7-9,14H2,1H3. The van der Waals surface area contributed by atoms with Gasteiger partial charge in [0.15, 0.2) is 11.5 Å². The van der Waals surface area contributed by atoms with Crippen LogP contribution in [0.1, 0.15) is 25.3 Å². The average Bonchev–Trinajstić information content (AvgIpc) is 2.81. The fourth-order valence-electron chi connectivity index (χ4n) is 1.84. The molecule has 1 atom stereocenters.